The predicted molar refractivity (Wildman–Crippen MR) is 114 cm³/mol. The van der Waals surface area contributed by atoms with Crippen molar-refractivity contribution in [2.75, 3.05) is 5.32 Å². The summed E-state index contributed by atoms with van der Waals surface area (Å²) in [4.78, 5) is 17.0. The fourth-order valence-corrected chi connectivity index (χ4v) is 4.07. The van der Waals surface area contributed by atoms with Gasteiger partial charge in [-0.1, -0.05) is 55.5 Å². The van der Waals surface area contributed by atoms with E-state index in [2.05, 4.69) is 41.4 Å². The molecule has 4 aromatic rings. The smallest absolute Gasteiger partial charge is 0.229 e. The fourth-order valence-electron chi connectivity index (χ4n) is 3.12. The highest BCUT2D eigenvalue weighted by Crippen LogP contribution is 2.28. The number of thiazole rings is 1. The second-order valence-corrected chi connectivity index (χ2v) is 8.30. The monoisotopic (exact) mass is 408 g/mol. The van der Waals surface area contributed by atoms with Crippen molar-refractivity contribution < 1.29 is 9.18 Å². The number of amides is 1. The van der Waals surface area contributed by atoms with Gasteiger partial charge in [0.25, 0.3) is 0 Å². The molecule has 0 saturated carbocycles. The number of halogens is 1. The number of aryl methyl sites for hydroxylation is 1. The van der Waals surface area contributed by atoms with Crippen molar-refractivity contribution in [2.45, 2.75) is 33.1 Å². The number of para-hydroxylation sites is 1. The number of benzene rings is 2. The van der Waals surface area contributed by atoms with Gasteiger partial charge in [-0.2, -0.15) is 9.78 Å². The van der Waals surface area contributed by atoms with Crippen LogP contribution in [-0.4, -0.2) is 20.7 Å². The van der Waals surface area contributed by atoms with E-state index in [1.807, 2.05) is 25.1 Å². The lowest BCUT2D eigenvalue weighted by molar-refractivity contribution is -0.115. The van der Waals surface area contributed by atoms with Crippen LogP contribution < -0.4 is 5.32 Å². The van der Waals surface area contributed by atoms with Crippen molar-refractivity contribution in [3.05, 3.63) is 71.2 Å². The summed E-state index contributed by atoms with van der Waals surface area (Å²) < 4.78 is 16.3. The van der Waals surface area contributed by atoms with Crippen LogP contribution in [0.3, 0.4) is 0 Å². The van der Waals surface area contributed by atoms with Gasteiger partial charge in [0.1, 0.15) is 17.2 Å². The predicted octanol–water partition coefficient (Wildman–Crippen LogP) is 5.23. The largest absolute Gasteiger partial charge is 0.310 e. The second kappa shape index (κ2) is 7.75. The number of carbonyl (C=O) groups is 1. The second-order valence-electron chi connectivity index (χ2n) is 7.29. The molecule has 0 radical (unpaired) electrons. The van der Waals surface area contributed by atoms with Gasteiger partial charge in [-0.3, -0.25) is 4.79 Å². The summed E-state index contributed by atoms with van der Waals surface area (Å²) in [6.45, 7) is 6.11. The zero-order chi connectivity index (χ0) is 20.5. The molecule has 2 heterocycles. The normalized spacial score (nSPS) is 11.3. The van der Waals surface area contributed by atoms with Crippen LogP contribution in [0.1, 0.15) is 36.6 Å². The third-order valence-corrected chi connectivity index (χ3v) is 5.65. The maximum absolute atomic E-state index is 14.0. The molecule has 0 unspecified atom stereocenters. The van der Waals surface area contributed by atoms with Crippen LogP contribution in [0.25, 0.3) is 15.3 Å². The zero-order valence-electron chi connectivity index (χ0n) is 16.4. The Hall–Kier alpha value is -3.06. The first-order chi connectivity index (χ1) is 13.9. The van der Waals surface area contributed by atoms with E-state index in [1.165, 1.54) is 23.0 Å². The Kier molecular flexibility index (Phi) is 5.15. The van der Waals surface area contributed by atoms with E-state index in [9.17, 15) is 9.18 Å². The van der Waals surface area contributed by atoms with Crippen LogP contribution in [0.4, 0.5) is 10.2 Å². The molecule has 29 heavy (non-hydrogen) atoms. The summed E-state index contributed by atoms with van der Waals surface area (Å²) in [7, 11) is 0. The number of carbonyl (C=O) groups excluding carboxylic acids is 1. The first kappa shape index (κ1) is 19.3. The number of fused-ring (bicyclic) bond motifs is 1. The van der Waals surface area contributed by atoms with Gasteiger partial charge in [0.05, 0.1) is 16.8 Å². The molecule has 4 rings (SSSR count). The van der Waals surface area contributed by atoms with E-state index in [1.54, 1.807) is 16.8 Å². The van der Waals surface area contributed by atoms with E-state index in [0.29, 0.717) is 22.4 Å². The summed E-state index contributed by atoms with van der Waals surface area (Å²) in [5.41, 5.74) is 3.23. The van der Waals surface area contributed by atoms with E-state index in [0.717, 1.165) is 16.0 Å². The van der Waals surface area contributed by atoms with Crippen molar-refractivity contribution in [3.8, 4) is 5.13 Å². The zero-order valence-corrected chi connectivity index (χ0v) is 17.3. The Morgan fingerprint density at radius 3 is 2.66 bits per heavy atom. The minimum absolute atomic E-state index is 0.143. The number of aromatic nitrogens is 3. The molecule has 1 N–H and O–H groups in total. The van der Waals surface area contributed by atoms with Gasteiger partial charge >= 0.3 is 0 Å². The van der Waals surface area contributed by atoms with E-state index < -0.39 is 0 Å². The fraction of sp³-hybridized carbons (Fsp3) is 0.227. The molecule has 0 spiro atoms. The van der Waals surface area contributed by atoms with Gasteiger partial charge < -0.3 is 5.32 Å². The average Bonchev–Trinajstić information content (AvgIpc) is 3.26. The number of hydrogen-bond acceptors (Lipinski definition) is 4. The average molecular weight is 409 g/mol. The van der Waals surface area contributed by atoms with Crippen LogP contribution in [0, 0.1) is 12.7 Å². The molecule has 0 atom stereocenters. The van der Waals surface area contributed by atoms with Crippen LogP contribution >= 0.6 is 11.3 Å². The number of hydrogen-bond donors (Lipinski definition) is 1. The highest BCUT2D eigenvalue weighted by Gasteiger charge is 2.16. The summed E-state index contributed by atoms with van der Waals surface area (Å²) in [5, 5.41) is 7.84. The molecule has 7 heteroatoms. The molecule has 2 aromatic carbocycles. The molecule has 0 bridgehead atoms. The van der Waals surface area contributed by atoms with Gasteiger partial charge in [0.15, 0.2) is 0 Å². The van der Waals surface area contributed by atoms with Crippen LogP contribution in [0.5, 0.6) is 0 Å². The van der Waals surface area contributed by atoms with Gasteiger partial charge in [-0.15, -0.1) is 0 Å². The minimum atomic E-state index is -0.371. The molecule has 0 fully saturated rings. The van der Waals surface area contributed by atoms with Crippen molar-refractivity contribution in [2.24, 2.45) is 0 Å². The molecule has 0 aliphatic rings. The van der Waals surface area contributed by atoms with Gasteiger partial charge in [-0.25, -0.2) is 9.37 Å². The lowest BCUT2D eigenvalue weighted by Crippen LogP contribution is -2.17. The Labute approximate surface area is 172 Å². The van der Waals surface area contributed by atoms with Crippen molar-refractivity contribution in [1.29, 1.82) is 0 Å². The summed E-state index contributed by atoms with van der Waals surface area (Å²) in [5.74, 6) is 0.458. The van der Waals surface area contributed by atoms with Crippen molar-refractivity contribution in [3.63, 3.8) is 0 Å². The molecule has 148 valence electrons. The van der Waals surface area contributed by atoms with Gasteiger partial charge in [0.2, 0.25) is 11.0 Å². The van der Waals surface area contributed by atoms with Crippen LogP contribution in [0.2, 0.25) is 0 Å². The first-order valence-corrected chi connectivity index (χ1v) is 10.2. The Bertz CT molecular complexity index is 1180. The molecular weight excluding hydrogens is 387 g/mol. The topological polar surface area (TPSA) is 59.8 Å². The molecule has 0 aliphatic heterocycles. The quantitative estimate of drug-likeness (QED) is 0.492. The Balaban J connectivity index is 1.56. The highest BCUT2D eigenvalue weighted by molar-refractivity contribution is 7.20. The molecule has 0 saturated heterocycles. The van der Waals surface area contributed by atoms with E-state index >= 15 is 0 Å². The van der Waals surface area contributed by atoms with Gasteiger partial charge in [0, 0.05) is 6.07 Å². The molecule has 2 aromatic heterocycles. The number of anilines is 1. The SMILES string of the molecule is Cc1cc(NC(=O)Cc2ccc(C(C)C)cc2)n(-c2nc3c(F)cccc3s2)n1. The molecule has 0 aliphatic carbocycles. The van der Waals surface area contributed by atoms with Crippen LogP contribution in [0.15, 0.2) is 48.5 Å². The van der Waals surface area contributed by atoms with Crippen molar-refractivity contribution >= 4 is 33.3 Å². The standard InChI is InChI=1S/C22H21FN4OS/c1-13(2)16-9-7-15(8-10-16)12-20(28)24-19-11-14(3)26-27(19)22-25-21-17(23)5-4-6-18(21)29-22/h4-11,13H,12H2,1-3H3,(H,24,28). The third-order valence-electron chi connectivity index (χ3n) is 4.65. The van der Waals surface area contributed by atoms with E-state index in [-0.39, 0.29) is 18.1 Å². The molecule has 1 amide bonds. The summed E-state index contributed by atoms with van der Waals surface area (Å²) in [6, 6.07) is 14.7. The minimum Gasteiger partial charge on any atom is -0.310 e. The van der Waals surface area contributed by atoms with Gasteiger partial charge in [-0.05, 0) is 36.1 Å². The highest BCUT2D eigenvalue weighted by atomic mass is 32.1. The molecular formula is C22H21FN4OS. The number of nitrogens with zero attached hydrogens (tertiary/aromatic N) is 3. The lowest BCUT2D eigenvalue weighted by atomic mass is 10.0. The number of nitrogens with one attached hydrogen (secondary N) is 1. The summed E-state index contributed by atoms with van der Waals surface area (Å²) in [6.07, 6.45) is 0.261. The third kappa shape index (κ3) is 4.05. The Morgan fingerprint density at radius 2 is 1.97 bits per heavy atom. The number of rotatable bonds is 5. The first-order valence-electron chi connectivity index (χ1n) is 9.41. The maximum Gasteiger partial charge on any atom is 0.229 e. The summed E-state index contributed by atoms with van der Waals surface area (Å²) >= 11 is 1.33. The Morgan fingerprint density at radius 1 is 1.21 bits per heavy atom. The molecule has 5 nitrogen and oxygen atoms in total. The van der Waals surface area contributed by atoms with Crippen molar-refractivity contribution in [1.82, 2.24) is 14.8 Å². The lowest BCUT2D eigenvalue weighted by Gasteiger charge is -2.08. The van der Waals surface area contributed by atoms with E-state index in [4.69, 9.17) is 0 Å². The maximum atomic E-state index is 14.0. The van der Waals surface area contributed by atoms with Crippen LogP contribution in [-0.2, 0) is 11.2 Å².